The maximum absolute atomic E-state index is 12.3. The van der Waals surface area contributed by atoms with E-state index in [1.807, 2.05) is 0 Å². The molecule has 0 aliphatic rings. The second kappa shape index (κ2) is 3.79. The third-order valence-corrected chi connectivity index (χ3v) is 1.69. The summed E-state index contributed by atoms with van der Waals surface area (Å²) < 4.78 is 24.6. The molecule has 70 valence electrons. The Morgan fingerprint density at radius 2 is 2.15 bits per heavy atom. The van der Waals surface area contributed by atoms with Crippen molar-refractivity contribution in [2.45, 2.75) is 13.3 Å². The monoisotopic (exact) mass is 205 g/mol. The second-order valence-electron chi connectivity index (χ2n) is 2.42. The molecule has 0 fully saturated rings. The lowest BCUT2D eigenvalue weighted by Crippen LogP contribution is -2.02. The SMILES string of the molecule is CC(=O)c1ccc(Cl)nc1C(F)F. The smallest absolute Gasteiger partial charge is 0.281 e. The number of carbonyl (C=O) groups is 1. The van der Waals surface area contributed by atoms with Crippen molar-refractivity contribution < 1.29 is 13.6 Å². The first kappa shape index (κ1) is 10.1. The summed E-state index contributed by atoms with van der Waals surface area (Å²) in [5.41, 5.74) is -0.639. The van der Waals surface area contributed by atoms with Crippen LogP contribution < -0.4 is 0 Å². The van der Waals surface area contributed by atoms with Crippen molar-refractivity contribution in [1.82, 2.24) is 4.98 Å². The number of aromatic nitrogens is 1. The van der Waals surface area contributed by atoms with Gasteiger partial charge in [0.25, 0.3) is 6.43 Å². The van der Waals surface area contributed by atoms with Crippen LogP contribution in [0.5, 0.6) is 0 Å². The third-order valence-electron chi connectivity index (χ3n) is 1.48. The molecule has 0 spiro atoms. The fourth-order valence-electron chi connectivity index (χ4n) is 0.914. The molecule has 0 aliphatic carbocycles. The van der Waals surface area contributed by atoms with E-state index >= 15 is 0 Å². The van der Waals surface area contributed by atoms with Crippen molar-refractivity contribution in [3.05, 3.63) is 28.5 Å². The number of pyridine rings is 1. The first-order valence-electron chi connectivity index (χ1n) is 3.48. The lowest BCUT2D eigenvalue weighted by Gasteiger charge is -2.04. The second-order valence-corrected chi connectivity index (χ2v) is 2.81. The van der Waals surface area contributed by atoms with E-state index in [2.05, 4.69) is 4.98 Å². The van der Waals surface area contributed by atoms with Crippen LogP contribution in [-0.2, 0) is 0 Å². The zero-order chi connectivity index (χ0) is 10.0. The molecule has 5 heteroatoms. The number of alkyl halides is 2. The van der Waals surface area contributed by atoms with Crippen LogP contribution in [0.3, 0.4) is 0 Å². The van der Waals surface area contributed by atoms with E-state index in [1.54, 1.807) is 0 Å². The summed E-state index contributed by atoms with van der Waals surface area (Å²) in [5.74, 6) is -0.445. The fraction of sp³-hybridized carbons (Fsp3) is 0.250. The molecule has 1 rings (SSSR count). The number of nitrogens with zero attached hydrogens (tertiary/aromatic N) is 1. The lowest BCUT2D eigenvalue weighted by molar-refractivity contribution is 0.0996. The number of halogens is 3. The van der Waals surface area contributed by atoms with Gasteiger partial charge in [0.05, 0.1) is 0 Å². The predicted octanol–water partition coefficient (Wildman–Crippen LogP) is 2.88. The first-order chi connectivity index (χ1) is 6.02. The molecule has 0 aromatic carbocycles. The molecule has 0 amide bonds. The minimum absolute atomic E-state index is 0.0414. The summed E-state index contributed by atoms with van der Waals surface area (Å²) in [6.07, 6.45) is -2.78. The van der Waals surface area contributed by atoms with Gasteiger partial charge < -0.3 is 0 Å². The molecule has 0 aliphatic heterocycles. The Balaban J connectivity index is 3.26. The molecule has 1 heterocycles. The standard InChI is InChI=1S/C8H6ClF2NO/c1-4(13)5-2-3-6(9)12-7(5)8(10)11/h2-3,8H,1H3. The van der Waals surface area contributed by atoms with Crippen molar-refractivity contribution >= 4 is 17.4 Å². The van der Waals surface area contributed by atoms with Crippen LogP contribution in [0.15, 0.2) is 12.1 Å². The minimum Gasteiger partial charge on any atom is -0.294 e. The minimum atomic E-state index is -2.78. The Hall–Kier alpha value is -1.03. The van der Waals surface area contributed by atoms with Crippen LogP contribution in [0.4, 0.5) is 8.78 Å². The van der Waals surface area contributed by atoms with Crippen molar-refractivity contribution in [1.29, 1.82) is 0 Å². The van der Waals surface area contributed by atoms with Gasteiger partial charge >= 0.3 is 0 Å². The predicted molar refractivity (Wildman–Crippen MR) is 44.2 cm³/mol. The van der Waals surface area contributed by atoms with E-state index in [0.29, 0.717) is 0 Å². The number of hydrogen-bond donors (Lipinski definition) is 0. The highest BCUT2D eigenvalue weighted by molar-refractivity contribution is 6.29. The molecule has 1 aromatic rings. The van der Waals surface area contributed by atoms with E-state index in [1.165, 1.54) is 19.1 Å². The first-order valence-corrected chi connectivity index (χ1v) is 3.85. The highest BCUT2D eigenvalue weighted by Crippen LogP contribution is 2.22. The molecule has 0 unspecified atom stereocenters. The van der Waals surface area contributed by atoms with Gasteiger partial charge in [-0.25, -0.2) is 13.8 Å². The average molecular weight is 206 g/mol. The normalized spacial score (nSPS) is 10.5. The van der Waals surface area contributed by atoms with E-state index in [-0.39, 0.29) is 10.7 Å². The summed E-state index contributed by atoms with van der Waals surface area (Å²) >= 11 is 5.41. The summed E-state index contributed by atoms with van der Waals surface area (Å²) in [5, 5.41) is -0.0414. The molecule has 0 atom stereocenters. The fourth-order valence-corrected chi connectivity index (χ4v) is 1.07. The van der Waals surface area contributed by atoms with Gasteiger partial charge in [-0.1, -0.05) is 11.6 Å². The van der Waals surface area contributed by atoms with E-state index < -0.39 is 17.9 Å². The van der Waals surface area contributed by atoms with Gasteiger partial charge in [-0.3, -0.25) is 4.79 Å². The Labute approximate surface area is 78.5 Å². The lowest BCUT2D eigenvalue weighted by atomic mass is 10.1. The van der Waals surface area contributed by atoms with Crippen LogP contribution in [-0.4, -0.2) is 10.8 Å². The summed E-state index contributed by atoms with van der Waals surface area (Å²) in [4.78, 5) is 14.3. The largest absolute Gasteiger partial charge is 0.294 e. The topological polar surface area (TPSA) is 30.0 Å². The highest BCUT2D eigenvalue weighted by Gasteiger charge is 2.17. The van der Waals surface area contributed by atoms with Crippen molar-refractivity contribution in [3.63, 3.8) is 0 Å². The van der Waals surface area contributed by atoms with E-state index in [4.69, 9.17) is 11.6 Å². The zero-order valence-electron chi connectivity index (χ0n) is 6.72. The van der Waals surface area contributed by atoms with Crippen LogP contribution >= 0.6 is 11.6 Å². The molecule has 0 saturated heterocycles. The van der Waals surface area contributed by atoms with Crippen LogP contribution in [0.2, 0.25) is 5.15 Å². The summed E-state index contributed by atoms with van der Waals surface area (Å²) in [7, 11) is 0. The average Bonchev–Trinajstić information content (AvgIpc) is 2.03. The Kier molecular flexibility index (Phi) is 2.93. The van der Waals surface area contributed by atoms with E-state index in [9.17, 15) is 13.6 Å². The quantitative estimate of drug-likeness (QED) is 0.549. The maximum Gasteiger partial charge on any atom is 0.281 e. The summed E-state index contributed by atoms with van der Waals surface area (Å²) in [6, 6.07) is 2.56. The zero-order valence-corrected chi connectivity index (χ0v) is 7.48. The van der Waals surface area contributed by atoms with Crippen molar-refractivity contribution in [3.8, 4) is 0 Å². The summed E-state index contributed by atoms with van der Waals surface area (Å²) in [6.45, 7) is 1.21. The van der Waals surface area contributed by atoms with Gasteiger partial charge in [-0.2, -0.15) is 0 Å². The molecular weight excluding hydrogens is 200 g/mol. The molecule has 0 saturated carbocycles. The Bertz CT molecular complexity index is 341. The van der Waals surface area contributed by atoms with Gasteiger partial charge in [-0.15, -0.1) is 0 Å². The van der Waals surface area contributed by atoms with Gasteiger partial charge in [0.15, 0.2) is 5.78 Å². The van der Waals surface area contributed by atoms with Crippen molar-refractivity contribution in [2.75, 3.05) is 0 Å². The van der Waals surface area contributed by atoms with Crippen LogP contribution in [0, 0.1) is 0 Å². The number of carbonyl (C=O) groups excluding carboxylic acids is 1. The Morgan fingerprint density at radius 1 is 1.54 bits per heavy atom. The third kappa shape index (κ3) is 2.21. The van der Waals surface area contributed by atoms with Gasteiger partial charge in [-0.05, 0) is 19.1 Å². The van der Waals surface area contributed by atoms with Crippen LogP contribution in [0.1, 0.15) is 29.4 Å². The number of ketones is 1. The van der Waals surface area contributed by atoms with Gasteiger partial charge in [0.1, 0.15) is 10.8 Å². The van der Waals surface area contributed by atoms with Gasteiger partial charge in [0, 0.05) is 5.56 Å². The van der Waals surface area contributed by atoms with E-state index in [0.717, 1.165) is 0 Å². The molecule has 2 nitrogen and oxygen atoms in total. The highest BCUT2D eigenvalue weighted by atomic mass is 35.5. The number of Topliss-reactive ketones (excluding diaryl/α,β-unsaturated/α-hetero) is 1. The molecule has 0 bridgehead atoms. The molecule has 13 heavy (non-hydrogen) atoms. The maximum atomic E-state index is 12.3. The molecule has 0 N–H and O–H groups in total. The number of rotatable bonds is 2. The van der Waals surface area contributed by atoms with Crippen LogP contribution in [0.25, 0.3) is 0 Å². The molecule has 0 radical (unpaired) electrons. The Morgan fingerprint density at radius 3 is 2.62 bits per heavy atom. The van der Waals surface area contributed by atoms with Gasteiger partial charge in [0.2, 0.25) is 0 Å². The molecule has 1 aromatic heterocycles. The van der Waals surface area contributed by atoms with Crippen molar-refractivity contribution in [2.24, 2.45) is 0 Å². The molecular formula is C8H6ClF2NO. The number of hydrogen-bond acceptors (Lipinski definition) is 2.